The average molecular weight is 699 g/mol. The number of unbranched alkanes of at least 4 members (excludes halogenated alkanes) is 1. The van der Waals surface area contributed by atoms with Crippen molar-refractivity contribution in [3.63, 3.8) is 0 Å². The van der Waals surface area contributed by atoms with Crippen molar-refractivity contribution in [3.05, 3.63) is 155 Å². The smallest absolute Gasteiger partial charge is 0.302 e. The summed E-state index contributed by atoms with van der Waals surface area (Å²) >= 11 is 2.69. The fourth-order valence-electron chi connectivity index (χ4n) is 3.76. The molecule has 9 heteroatoms. The third-order valence-electron chi connectivity index (χ3n) is 5.71. The van der Waals surface area contributed by atoms with E-state index in [9.17, 15) is 13.2 Å². The summed E-state index contributed by atoms with van der Waals surface area (Å²) < 4.78 is 31.2. The number of nitrogens with zero attached hydrogens (tertiary/aromatic N) is 1. The van der Waals surface area contributed by atoms with Crippen molar-refractivity contribution in [1.82, 2.24) is 4.98 Å². The van der Waals surface area contributed by atoms with Crippen LogP contribution in [0.2, 0.25) is 0 Å². The summed E-state index contributed by atoms with van der Waals surface area (Å²) in [5, 5.41) is 2.65. The maximum absolute atomic E-state index is 13.1. The molecule has 1 aromatic carbocycles. The van der Waals surface area contributed by atoms with Gasteiger partial charge < -0.3 is 10.5 Å². The molecule has 0 radical (unpaired) electrons. The predicted octanol–water partition coefficient (Wildman–Crippen LogP) is 9.01. The Kier molecular flexibility index (Phi) is 17.2. The maximum Gasteiger partial charge on any atom is 0.302 e. The van der Waals surface area contributed by atoms with Gasteiger partial charge in [-0.3, -0.25) is 4.79 Å². The van der Waals surface area contributed by atoms with E-state index in [1.54, 1.807) is 11.3 Å². The van der Waals surface area contributed by atoms with Crippen LogP contribution < -0.4 is 5.73 Å². The van der Waals surface area contributed by atoms with E-state index in [0.29, 0.717) is 23.1 Å². The van der Waals surface area contributed by atoms with Crippen LogP contribution >= 0.6 is 22.7 Å². The van der Waals surface area contributed by atoms with Crippen molar-refractivity contribution >= 4 is 54.4 Å². The number of nitrogens with two attached hydrogens (primary N) is 1. The Morgan fingerprint density at radius 1 is 0.837 bits per heavy atom. The normalized spacial score (nSPS) is 8.84. The number of hydrogen-bond donors (Lipinski definition) is 1. The largest absolute Gasteiger partial charge is 0.466 e. The number of sulfone groups is 1. The Bertz CT molecular complexity index is 2330. The number of anilines is 1. The number of thiophene rings is 2. The van der Waals surface area contributed by atoms with E-state index in [0.717, 1.165) is 33.0 Å². The molecule has 0 spiro atoms. The summed E-state index contributed by atoms with van der Waals surface area (Å²) in [5.41, 5.74) is 40.7. The monoisotopic (exact) mass is 698 g/mol. The van der Waals surface area contributed by atoms with Crippen LogP contribution in [0.15, 0.2) is 159 Å². The van der Waals surface area contributed by atoms with Gasteiger partial charge in [-0.15, -0.1) is 22.7 Å². The molecule has 0 amide bonds. The number of esters is 1. The molecule has 0 bridgehead atoms. The molecule has 4 aromatic rings. The molecule has 0 saturated heterocycles. The van der Waals surface area contributed by atoms with Crippen LogP contribution in [0.5, 0.6) is 0 Å². The zero-order valence-corrected chi connectivity index (χ0v) is 29.2. The Morgan fingerprint density at radius 2 is 1.41 bits per heavy atom. The quantitative estimate of drug-likeness (QED) is 0.112. The third kappa shape index (κ3) is 13.3. The average Bonchev–Trinajstić information content (AvgIpc) is 3.76. The summed E-state index contributed by atoms with van der Waals surface area (Å²) in [6, 6.07) is 15.7. The first kappa shape index (κ1) is 39.1. The van der Waals surface area contributed by atoms with Crippen molar-refractivity contribution in [2.24, 2.45) is 0 Å². The molecular formula is C40H30N2O4S3. The number of carbonyl (C=O) groups is 1. The molecule has 0 aliphatic heterocycles. The van der Waals surface area contributed by atoms with Crippen LogP contribution in [0.3, 0.4) is 0 Å². The van der Waals surface area contributed by atoms with E-state index in [-0.39, 0.29) is 28.2 Å². The molecule has 0 atom stereocenters. The molecule has 3 aromatic heterocycles. The molecule has 0 aliphatic carbocycles. The van der Waals surface area contributed by atoms with E-state index in [1.165, 1.54) is 6.92 Å². The highest BCUT2D eigenvalue weighted by Gasteiger charge is 2.25. The van der Waals surface area contributed by atoms with Crippen LogP contribution in [0.25, 0.3) is 31.9 Å². The van der Waals surface area contributed by atoms with Crippen LogP contribution in [-0.2, 0) is 19.4 Å². The minimum atomic E-state index is -3.60. The summed E-state index contributed by atoms with van der Waals surface area (Å²) in [5.74, 6) is -0.438. The molecule has 6 nitrogen and oxygen atoms in total. The molecule has 49 heavy (non-hydrogen) atoms. The number of rotatable bonds is 8. The maximum atomic E-state index is 13.1. The summed E-state index contributed by atoms with van der Waals surface area (Å²) in [7, 11) is -3.60. The van der Waals surface area contributed by atoms with Gasteiger partial charge in [-0.1, -0.05) is 59.3 Å². The standard InChI is InChI=1S/C23H22N2O4S3.C10H4.C7H4/c1-15(26)29-11-5-6-13-32(27,28)23-21(24)20-17(16-8-3-2-4-9-16)14-18(25-22(20)31-23)19-10-7-12-30-19;1-3-5-7-9-10-8-6-4-2;1-3-5-7-6-4-2/h2-4,7-10,12,14H,5-6,11,13,24H2,1H3;1-2H2;1-2H2. The second kappa shape index (κ2) is 21.6. The van der Waals surface area contributed by atoms with Gasteiger partial charge in [0.15, 0.2) is 9.84 Å². The fourth-order valence-corrected chi connectivity index (χ4v) is 7.50. The summed E-state index contributed by atoms with van der Waals surface area (Å²) in [4.78, 5) is 17.2. The van der Waals surface area contributed by atoms with Crippen molar-refractivity contribution in [1.29, 1.82) is 0 Å². The van der Waals surface area contributed by atoms with Gasteiger partial charge in [0.2, 0.25) is 0 Å². The van der Waals surface area contributed by atoms with Crippen molar-refractivity contribution in [2.75, 3.05) is 18.1 Å². The van der Waals surface area contributed by atoms with Crippen molar-refractivity contribution in [3.8, 4) is 21.7 Å². The van der Waals surface area contributed by atoms with E-state index >= 15 is 0 Å². The lowest BCUT2D eigenvalue weighted by Gasteiger charge is -2.08. The Morgan fingerprint density at radius 3 is 1.94 bits per heavy atom. The van der Waals surface area contributed by atoms with Gasteiger partial charge in [0.25, 0.3) is 0 Å². The number of pyridine rings is 1. The summed E-state index contributed by atoms with van der Waals surface area (Å²) in [6.45, 7) is 14.6. The number of nitrogen functional groups attached to an aromatic ring is 1. The van der Waals surface area contributed by atoms with Crippen molar-refractivity contribution in [2.45, 2.75) is 24.0 Å². The molecule has 4 rings (SSSR count). The lowest BCUT2D eigenvalue weighted by molar-refractivity contribution is -0.141. The predicted molar refractivity (Wildman–Crippen MR) is 199 cm³/mol. The van der Waals surface area contributed by atoms with Gasteiger partial charge in [-0.25, -0.2) is 13.4 Å². The van der Waals surface area contributed by atoms with Gasteiger partial charge in [-0.2, -0.15) is 0 Å². The molecule has 242 valence electrons. The molecular weight excluding hydrogens is 669 g/mol. The van der Waals surface area contributed by atoms with E-state index < -0.39 is 9.84 Å². The van der Waals surface area contributed by atoms with E-state index in [2.05, 4.69) is 101 Å². The lowest BCUT2D eigenvalue weighted by atomic mass is 10.0. The number of fused-ring (bicyclic) bond motifs is 1. The molecule has 0 unspecified atom stereocenters. The number of hydrogen-bond acceptors (Lipinski definition) is 8. The zero-order valence-electron chi connectivity index (χ0n) is 26.7. The van der Waals surface area contributed by atoms with Crippen LogP contribution in [0.1, 0.15) is 19.8 Å². The highest BCUT2D eigenvalue weighted by molar-refractivity contribution is 7.93. The van der Waals surface area contributed by atoms with E-state index in [4.69, 9.17) is 15.5 Å². The first-order valence-electron chi connectivity index (χ1n) is 14.2. The van der Waals surface area contributed by atoms with Gasteiger partial charge in [0.1, 0.15) is 9.04 Å². The second-order valence-corrected chi connectivity index (χ2v) is 13.3. The number of benzene rings is 1. The zero-order chi connectivity index (χ0) is 35.9. The molecule has 2 N–H and O–H groups in total. The Hall–Kier alpha value is -6.13. The minimum Gasteiger partial charge on any atom is -0.466 e. The number of aromatic nitrogens is 1. The van der Waals surface area contributed by atoms with E-state index in [1.807, 2.05) is 53.9 Å². The minimum absolute atomic E-state index is 0.0657. The number of ether oxygens (including phenoxy) is 1. The number of carbonyl (C=O) groups excluding carboxylic acids is 1. The molecule has 3 heterocycles. The first-order valence-corrected chi connectivity index (χ1v) is 17.6. The first-order chi connectivity index (χ1) is 23.7. The SMILES string of the molecule is C=C=C=C=C=C=C.C=C=C=C=C=C=C=C=C=C.CC(=O)OCCCCS(=O)(=O)c1sc2nc(-c3cccs3)cc(-c3ccccc3)c2c1N. The molecule has 0 saturated carbocycles. The van der Waals surface area contributed by atoms with Gasteiger partial charge in [0.05, 0.1) is 28.6 Å². The van der Waals surface area contributed by atoms with Gasteiger partial charge in [0, 0.05) is 12.3 Å². The summed E-state index contributed by atoms with van der Waals surface area (Å²) in [6.07, 6.45) is 0.850. The van der Waals surface area contributed by atoms with Crippen LogP contribution in [-0.4, -0.2) is 31.7 Å². The van der Waals surface area contributed by atoms with Crippen LogP contribution in [0, 0.1) is 0 Å². The van der Waals surface area contributed by atoms with Gasteiger partial charge in [-0.05, 0) is 119 Å². The Balaban J connectivity index is 0.000000405. The fraction of sp³-hybridized carbons (Fsp3) is 0.125. The lowest BCUT2D eigenvalue weighted by Crippen LogP contribution is -2.09. The van der Waals surface area contributed by atoms with Crippen molar-refractivity contribution < 1.29 is 17.9 Å². The Labute approximate surface area is 294 Å². The molecule has 0 aliphatic rings. The van der Waals surface area contributed by atoms with Crippen LogP contribution in [0.4, 0.5) is 5.69 Å². The topological polar surface area (TPSA) is 99.4 Å². The second-order valence-electron chi connectivity index (χ2n) is 9.08. The van der Waals surface area contributed by atoms with Gasteiger partial charge >= 0.3 is 5.97 Å². The highest BCUT2D eigenvalue weighted by atomic mass is 32.2. The third-order valence-corrected chi connectivity index (χ3v) is 10.1. The highest BCUT2D eigenvalue weighted by Crippen LogP contribution is 2.43. The molecule has 0 fully saturated rings.